The molecular formula is C10H9BrN2O4. The molecule has 1 aromatic carbocycles. The smallest absolute Gasteiger partial charge is 0.271 e. The highest BCUT2D eigenvalue weighted by Crippen LogP contribution is 2.26. The largest absolute Gasteiger partial charge is 0.284 e. The molecular weight excluding hydrogens is 292 g/mol. The van der Waals surface area contributed by atoms with Gasteiger partial charge in [0.15, 0.2) is 0 Å². The number of carbonyl (C=O) groups is 1. The lowest BCUT2D eigenvalue weighted by Gasteiger charge is -2.13. The molecule has 1 fully saturated rings. The fraction of sp³-hybridized carbons (Fsp3) is 0.300. The Bertz CT molecular complexity index is 471. The van der Waals surface area contributed by atoms with Crippen molar-refractivity contribution in [2.45, 2.75) is 6.42 Å². The van der Waals surface area contributed by atoms with E-state index in [1.54, 1.807) is 0 Å². The van der Waals surface area contributed by atoms with Gasteiger partial charge in [-0.05, 0) is 34.5 Å². The van der Waals surface area contributed by atoms with Gasteiger partial charge in [-0.15, -0.1) is 0 Å². The highest BCUT2D eigenvalue weighted by atomic mass is 79.9. The summed E-state index contributed by atoms with van der Waals surface area (Å²) in [5.41, 5.74) is 0.122. The second kappa shape index (κ2) is 4.80. The Kier molecular flexibility index (Phi) is 3.39. The number of nitro groups is 1. The summed E-state index contributed by atoms with van der Waals surface area (Å²) in [7, 11) is 0. The van der Waals surface area contributed by atoms with Crippen LogP contribution in [-0.4, -0.2) is 29.0 Å². The zero-order chi connectivity index (χ0) is 12.4. The molecule has 0 atom stereocenters. The highest BCUT2D eigenvalue weighted by molar-refractivity contribution is 9.10. The summed E-state index contributed by atoms with van der Waals surface area (Å²) >= 11 is 3.07. The SMILES string of the molecule is O=C(c1ccc(Br)c([N+](=O)[O-])c1)N1CCCO1. The summed E-state index contributed by atoms with van der Waals surface area (Å²) in [4.78, 5) is 27.2. The van der Waals surface area contributed by atoms with E-state index in [9.17, 15) is 14.9 Å². The van der Waals surface area contributed by atoms with Gasteiger partial charge in [0, 0.05) is 11.6 Å². The molecule has 0 spiro atoms. The van der Waals surface area contributed by atoms with E-state index >= 15 is 0 Å². The van der Waals surface area contributed by atoms with Gasteiger partial charge >= 0.3 is 0 Å². The van der Waals surface area contributed by atoms with Gasteiger partial charge in [0.05, 0.1) is 22.5 Å². The second-order valence-corrected chi connectivity index (χ2v) is 4.37. The molecule has 1 saturated heterocycles. The van der Waals surface area contributed by atoms with Crippen LogP contribution >= 0.6 is 15.9 Å². The van der Waals surface area contributed by atoms with Crippen molar-refractivity contribution < 1.29 is 14.6 Å². The lowest BCUT2D eigenvalue weighted by molar-refractivity contribution is -0.385. The molecule has 0 aliphatic carbocycles. The fourth-order valence-electron chi connectivity index (χ4n) is 1.54. The van der Waals surface area contributed by atoms with Crippen molar-refractivity contribution in [3.05, 3.63) is 38.3 Å². The maximum atomic E-state index is 11.9. The van der Waals surface area contributed by atoms with Gasteiger partial charge in [0.25, 0.3) is 11.6 Å². The first-order chi connectivity index (χ1) is 8.09. The molecule has 0 bridgehead atoms. The zero-order valence-corrected chi connectivity index (χ0v) is 10.3. The van der Waals surface area contributed by atoms with Crippen molar-refractivity contribution >= 4 is 27.5 Å². The number of halogens is 1. The number of rotatable bonds is 2. The monoisotopic (exact) mass is 300 g/mol. The molecule has 7 heteroatoms. The molecule has 1 aliphatic heterocycles. The van der Waals surface area contributed by atoms with E-state index in [0.29, 0.717) is 17.6 Å². The van der Waals surface area contributed by atoms with Gasteiger partial charge in [-0.1, -0.05) is 0 Å². The van der Waals surface area contributed by atoms with E-state index in [-0.39, 0.29) is 17.2 Å². The number of nitrogens with zero attached hydrogens (tertiary/aromatic N) is 2. The molecule has 6 nitrogen and oxygen atoms in total. The molecule has 1 heterocycles. The Morgan fingerprint density at radius 2 is 2.29 bits per heavy atom. The van der Waals surface area contributed by atoms with Crippen LogP contribution in [0, 0.1) is 10.1 Å². The van der Waals surface area contributed by atoms with Gasteiger partial charge < -0.3 is 0 Å². The van der Waals surface area contributed by atoms with Crippen LogP contribution in [-0.2, 0) is 4.84 Å². The van der Waals surface area contributed by atoms with Crippen LogP contribution in [0.15, 0.2) is 22.7 Å². The normalized spacial score (nSPS) is 15.0. The van der Waals surface area contributed by atoms with Crippen LogP contribution in [0.5, 0.6) is 0 Å². The Morgan fingerprint density at radius 1 is 1.53 bits per heavy atom. The Morgan fingerprint density at radius 3 is 2.88 bits per heavy atom. The molecule has 0 saturated carbocycles. The Labute approximate surface area is 105 Å². The Hall–Kier alpha value is -1.47. The molecule has 0 unspecified atom stereocenters. The zero-order valence-electron chi connectivity index (χ0n) is 8.76. The van der Waals surface area contributed by atoms with Crippen LogP contribution in [0.2, 0.25) is 0 Å². The molecule has 2 rings (SSSR count). The molecule has 0 radical (unpaired) electrons. The fourth-order valence-corrected chi connectivity index (χ4v) is 1.93. The number of amides is 1. The van der Waals surface area contributed by atoms with Crippen LogP contribution in [0.25, 0.3) is 0 Å². The molecule has 0 N–H and O–H groups in total. The lowest BCUT2D eigenvalue weighted by Crippen LogP contribution is -2.26. The number of benzene rings is 1. The van der Waals surface area contributed by atoms with Gasteiger partial charge in [-0.2, -0.15) is 0 Å². The topological polar surface area (TPSA) is 72.7 Å². The highest BCUT2D eigenvalue weighted by Gasteiger charge is 2.23. The molecule has 1 amide bonds. The number of nitro benzene ring substituents is 1. The number of hydrogen-bond acceptors (Lipinski definition) is 4. The predicted octanol–water partition coefficient (Wildman–Crippen LogP) is 2.13. The van der Waals surface area contributed by atoms with Crippen molar-refractivity contribution in [1.82, 2.24) is 5.06 Å². The van der Waals surface area contributed by atoms with Gasteiger partial charge in [0.1, 0.15) is 0 Å². The summed E-state index contributed by atoms with van der Waals surface area (Å²) in [5.74, 6) is -0.349. The number of hydroxylamine groups is 2. The lowest BCUT2D eigenvalue weighted by atomic mass is 10.2. The van der Waals surface area contributed by atoms with Crippen molar-refractivity contribution in [3.63, 3.8) is 0 Å². The first-order valence-electron chi connectivity index (χ1n) is 4.98. The van der Waals surface area contributed by atoms with E-state index in [2.05, 4.69) is 15.9 Å². The number of carbonyl (C=O) groups excluding carboxylic acids is 1. The Balaban J connectivity index is 2.29. The minimum absolute atomic E-state index is 0.130. The van der Waals surface area contributed by atoms with Crippen molar-refractivity contribution in [2.75, 3.05) is 13.2 Å². The maximum Gasteiger partial charge on any atom is 0.284 e. The van der Waals surface area contributed by atoms with E-state index < -0.39 is 4.92 Å². The van der Waals surface area contributed by atoms with Crippen molar-refractivity contribution in [3.8, 4) is 0 Å². The van der Waals surface area contributed by atoms with Gasteiger partial charge in [-0.3, -0.25) is 19.7 Å². The van der Waals surface area contributed by atoms with Crippen molar-refractivity contribution in [2.24, 2.45) is 0 Å². The summed E-state index contributed by atoms with van der Waals surface area (Å²) in [6, 6.07) is 4.26. The maximum absolute atomic E-state index is 11.9. The molecule has 0 aromatic heterocycles. The summed E-state index contributed by atoms with van der Waals surface area (Å²) in [6.45, 7) is 1.02. The van der Waals surface area contributed by atoms with E-state index in [0.717, 1.165) is 6.42 Å². The van der Waals surface area contributed by atoms with E-state index in [4.69, 9.17) is 4.84 Å². The standard InChI is InChI=1S/C10H9BrN2O4/c11-8-3-2-7(6-9(8)13(15)16)10(14)12-4-1-5-17-12/h2-3,6H,1,4-5H2. The predicted molar refractivity (Wildman–Crippen MR) is 62.4 cm³/mol. The third kappa shape index (κ3) is 2.45. The number of hydrogen-bond donors (Lipinski definition) is 0. The quantitative estimate of drug-likeness (QED) is 0.619. The summed E-state index contributed by atoms with van der Waals surface area (Å²) < 4.78 is 0.349. The van der Waals surface area contributed by atoms with Crippen LogP contribution in [0.3, 0.4) is 0 Å². The third-order valence-electron chi connectivity index (χ3n) is 2.37. The minimum atomic E-state index is -0.536. The van der Waals surface area contributed by atoms with Crippen LogP contribution in [0.4, 0.5) is 5.69 Å². The second-order valence-electron chi connectivity index (χ2n) is 3.52. The molecule has 1 aliphatic rings. The average molecular weight is 301 g/mol. The van der Waals surface area contributed by atoms with Crippen LogP contribution < -0.4 is 0 Å². The summed E-state index contributed by atoms with van der Waals surface area (Å²) in [5, 5.41) is 12.0. The first-order valence-corrected chi connectivity index (χ1v) is 5.77. The molecule has 17 heavy (non-hydrogen) atoms. The van der Waals surface area contributed by atoms with E-state index in [1.807, 2.05) is 0 Å². The molecule has 1 aromatic rings. The van der Waals surface area contributed by atoms with Crippen LogP contribution in [0.1, 0.15) is 16.8 Å². The van der Waals surface area contributed by atoms with Gasteiger partial charge in [0.2, 0.25) is 0 Å². The third-order valence-corrected chi connectivity index (χ3v) is 3.04. The van der Waals surface area contributed by atoms with Crippen molar-refractivity contribution in [1.29, 1.82) is 0 Å². The van der Waals surface area contributed by atoms with Gasteiger partial charge in [-0.25, -0.2) is 5.06 Å². The van der Waals surface area contributed by atoms with E-state index in [1.165, 1.54) is 23.3 Å². The minimum Gasteiger partial charge on any atom is -0.271 e. The average Bonchev–Trinajstić information content (AvgIpc) is 2.81. The summed E-state index contributed by atoms with van der Waals surface area (Å²) in [6.07, 6.45) is 0.782. The first kappa shape index (κ1) is 12.0. The molecule has 90 valence electrons.